The van der Waals surface area contributed by atoms with E-state index in [0.717, 1.165) is 25.9 Å². The minimum atomic E-state index is -0.0119. The van der Waals surface area contributed by atoms with Crippen LogP contribution in [-0.2, 0) is 0 Å². The molecule has 0 bridgehead atoms. The van der Waals surface area contributed by atoms with Gasteiger partial charge >= 0.3 is 0 Å². The Morgan fingerprint density at radius 2 is 2.06 bits per heavy atom. The highest BCUT2D eigenvalue weighted by molar-refractivity contribution is 5.99. The lowest BCUT2D eigenvalue weighted by Gasteiger charge is -2.21. The number of nitrogens with one attached hydrogen (secondary N) is 2. The van der Waals surface area contributed by atoms with E-state index in [-0.39, 0.29) is 11.6 Å². The maximum Gasteiger partial charge on any atom is 0.179 e. The summed E-state index contributed by atoms with van der Waals surface area (Å²) in [5, 5.41) is 3.28. The number of rotatable bonds is 4. The van der Waals surface area contributed by atoms with Crippen molar-refractivity contribution in [3.05, 3.63) is 23.5 Å². The van der Waals surface area contributed by atoms with E-state index in [4.69, 9.17) is 0 Å². The van der Waals surface area contributed by atoms with Crippen LogP contribution in [0.1, 0.15) is 47.0 Å². The number of aromatic nitrogens is 1. The molecule has 1 fully saturated rings. The number of hydrogen-bond donors (Lipinski definition) is 2. The van der Waals surface area contributed by atoms with E-state index in [1.54, 1.807) is 12.3 Å². The fraction of sp³-hybridized carbons (Fsp3) is 0.538. The van der Waals surface area contributed by atoms with E-state index in [1.807, 2.05) is 0 Å². The van der Waals surface area contributed by atoms with Crippen molar-refractivity contribution in [3.8, 4) is 0 Å². The highest BCUT2D eigenvalue weighted by atomic mass is 16.1. The molecule has 2 N–H and O–H groups in total. The van der Waals surface area contributed by atoms with Crippen molar-refractivity contribution in [2.75, 3.05) is 13.1 Å². The molecule has 1 aromatic heterocycles. The first kappa shape index (κ1) is 12.0. The monoisotopic (exact) mass is 234 g/mol. The minimum absolute atomic E-state index is 0.0119. The summed E-state index contributed by atoms with van der Waals surface area (Å²) in [6.45, 7) is 3.51. The second-order valence-electron chi connectivity index (χ2n) is 4.68. The Morgan fingerprint density at radius 1 is 1.35 bits per heavy atom. The molecule has 0 radical (unpaired) electrons. The van der Waals surface area contributed by atoms with Crippen LogP contribution in [-0.4, -0.2) is 29.6 Å². The largest absolute Gasteiger partial charge is 0.358 e. The van der Waals surface area contributed by atoms with Crippen molar-refractivity contribution in [1.29, 1.82) is 0 Å². The summed E-state index contributed by atoms with van der Waals surface area (Å²) in [5.41, 5.74) is 1.15. The molecule has 0 unspecified atom stereocenters. The second kappa shape index (κ2) is 5.27. The molecule has 2 rings (SSSR count). The molecule has 1 aliphatic rings. The van der Waals surface area contributed by atoms with Gasteiger partial charge in [-0.15, -0.1) is 0 Å². The number of carbonyl (C=O) groups excluding carboxylic acids is 2. The lowest BCUT2D eigenvalue weighted by molar-refractivity contribution is 0.0948. The third kappa shape index (κ3) is 3.03. The molecule has 17 heavy (non-hydrogen) atoms. The van der Waals surface area contributed by atoms with E-state index in [0.29, 0.717) is 23.6 Å². The van der Waals surface area contributed by atoms with E-state index in [1.165, 1.54) is 6.92 Å². The summed E-state index contributed by atoms with van der Waals surface area (Å²) < 4.78 is 0. The van der Waals surface area contributed by atoms with Crippen molar-refractivity contribution < 1.29 is 9.59 Å². The van der Waals surface area contributed by atoms with Crippen molar-refractivity contribution in [3.63, 3.8) is 0 Å². The first-order valence-corrected chi connectivity index (χ1v) is 6.10. The van der Waals surface area contributed by atoms with Gasteiger partial charge in [-0.3, -0.25) is 9.59 Å². The van der Waals surface area contributed by atoms with Gasteiger partial charge in [-0.05, 0) is 44.8 Å². The lowest BCUT2D eigenvalue weighted by atomic mass is 9.92. The number of aromatic amines is 1. The van der Waals surface area contributed by atoms with Gasteiger partial charge < -0.3 is 10.3 Å². The van der Waals surface area contributed by atoms with Gasteiger partial charge in [0.25, 0.3) is 0 Å². The SMILES string of the molecule is CC(=O)c1c[nH]c(C(=O)CC2CCNCC2)c1. The summed E-state index contributed by atoms with van der Waals surface area (Å²) in [5.74, 6) is 0.583. The van der Waals surface area contributed by atoms with Crippen molar-refractivity contribution >= 4 is 11.6 Å². The maximum absolute atomic E-state index is 12.0. The topological polar surface area (TPSA) is 62.0 Å². The summed E-state index contributed by atoms with van der Waals surface area (Å²) in [4.78, 5) is 26.0. The van der Waals surface area contributed by atoms with Gasteiger partial charge in [-0.1, -0.05) is 0 Å². The van der Waals surface area contributed by atoms with Crippen LogP contribution in [0.4, 0.5) is 0 Å². The third-order valence-corrected chi connectivity index (χ3v) is 3.32. The van der Waals surface area contributed by atoms with Crippen LogP contribution in [0.3, 0.4) is 0 Å². The zero-order valence-electron chi connectivity index (χ0n) is 10.1. The van der Waals surface area contributed by atoms with Gasteiger partial charge in [-0.2, -0.15) is 0 Å². The van der Waals surface area contributed by atoms with E-state index < -0.39 is 0 Å². The molecule has 0 aliphatic carbocycles. The Bertz CT molecular complexity index is 417. The molecule has 1 aromatic rings. The van der Waals surface area contributed by atoms with Crippen LogP contribution in [0.5, 0.6) is 0 Å². The molecular weight excluding hydrogens is 216 g/mol. The normalized spacial score (nSPS) is 17.0. The Kier molecular flexibility index (Phi) is 3.74. The number of H-pyrrole nitrogens is 1. The van der Waals surface area contributed by atoms with Gasteiger partial charge in [0, 0.05) is 18.2 Å². The van der Waals surface area contributed by atoms with Gasteiger partial charge in [0.15, 0.2) is 11.6 Å². The Labute approximate surface area is 101 Å². The van der Waals surface area contributed by atoms with Crippen LogP contribution >= 0.6 is 0 Å². The number of carbonyl (C=O) groups is 2. The average Bonchev–Trinajstić information content (AvgIpc) is 2.79. The molecule has 0 saturated carbocycles. The number of hydrogen-bond acceptors (Lipinski definition) is 3. The van der Waals surface area contributed by atoms with Gasteiger partial charge in [0.2, 0.25) is 0 Å². The fourth-order valence-corrected chi connectivity index (χ4v) is 2.22. The van der Waals surface area contributed by atoms with Crippen LogP contribution < -0.4 is 5.32 Å². The van der Waals surface area contributed by atoms with Crippen molar-refractivity contribution in [2.45, 2.75) is 26.2 Å². The molecule has 2 heterocycles. The predicted octanol–water partition coefficient (Wildman–Crippen LogP) is 1.79. The Balaban J connectivity index is 1.96. The molecule has 0 atom stereocenters. The molecule has 0 aromatic carbocycles. The molecule has 0 amide bonds. The molecule has 1 saturated heterocycles. The molecule has 92 valence electrons. The van der Waals surface area contributed by atoms with E-state index in [2.05, 4.69) is 10.3 Å². The molecule has 4 heteroatoms. The third-order valence-electron chi connectivity index (χ3n) is 3.32. The first-order chi connectivity index (χ1) is 8.16. The zero-order chi connectivity index (χ0) is 12.3. The Morgan fingerprint density at radius 3 is 2.65 bits per heavy atom. The molecule has 0 spiro atoms. The summed E-state index contributed by atoms with van der Waals surface area (Å²) in [6.07, 6.45) is 4.32. The van der Waals surface area contributed by atoms with Crippen LogP contribution in [0.15, 0.2) is 12.3 Å². The number of ketones is 2. The van der Waals surface area contributed by atoms with Crippen molar-refractivity contribution in [2.24, 2.45) is 5.92 Å². The fourth-order valence-electron chi connectivity index (χ4n) is 2.22. The molecule has 4 nitrogen and oxygen atoms in total. The molecule has 1 aliphatic heterocycles. The standard InChI is InChI=1S/C13H18N2O2/c1-9(16)11-7-12(15-8-11)13(17)6-10-2-4-14-5-3-10/h7-8,10,14-15H,2-6H2,1H3. The zero-order valence-corrected chi connectivity index (χ0v) is 10.1. The summed E-state index contributed by atoms with van der Waals surface area (Å²) in [7, 11) is 0. The van der Waals surface area contributed by atoms with Crippen molar-refractivity contribution in [1.82, 2.24) is 10.3 Å². The van der Waals surface area contributed by atoms with Crippen LogP contribution in [0.25, 0.3) is 0 Å². The summed E-state index contributed by atoms with van der Waals surface area (Å²) in [6, 6.07) is 1.66. The van der Waals surface area contributed by atoms with Crippen LogP contribution in [0.2, 0.25) is 0 Å². The minimum Gasteiger partial charge on any atom is -0.358 e. The Hall–Kier alpha value is -1.42. The summed E-state index contributed by atoms with van der Waals surface area (Å²) >= 11 is 0. The predicted molar refractivity (Wildman–Crippen MR) is 65.3 cm³/mol. The van der Waals surface area contributed by atoms with Gasteiger partial charge in [0.1, 0.15) is 0 Å². The maximum atomic E-state index is 12.0. The highest BCUT2D eigenvalue weighted by Gasteiger charge is 2.19. The number of Topliss-reactive ketones (excluding diaryl/α,β-unsaturated/α-hetero) is 2. The second-order valence-corrected chi connectivity index (χ2v) is 4.68. The molecular formula is C13H18N2O2. The highest BCUT2D eigenvalue weighted by Crippen LogP contribution is 2.18. The van der Waals surface area contributed by atoms with E-state index in [9.17, 15) is 9.59 Å². The van der Waals surface area contributed by atoms with Gasteiger partial charge in [0.05, 0.1) is 5.69 Å². The van der Waals surface area contributed by atoms with E-state index >= 15 is 0 Å². The quantitative estimate of drug-likeness (QED) is 0.781. The smallest absolute Gasteiger partial charge is 0.179 e. The number of piperidine rings is 1. The van der Waals surface area contributed by atoms with Crippen LogP contribution in [0, 0.1) is 5.92 Å². The first-order valence-electron chi connectivity index (χ1n) is 6.10. The van der Waals surface area contributed by atoms with Gasteiger partial charge in [-0.25, -0.2) is 0 Å². The average molecular weight is 234 g/mol. The lowest BCUT2D eigenvalue weighted by Crippen LogP contribution is -2.28.